The zero-order valence-electron chi connectivity index (χ0n) is 12.2. The molecule has 2 rings (SSSR count). The summed E-state index contributed by atoms with van der Waals surface area (Å²) in [5.41, 5.74) is 0.854. The predicted octanol–water partition coefficient (Wildman–Crippen LogP) is 2.72. The summed E-state index contributed by atoms with van der Waals surface area (Å²) in [6.07, 6.45) is 2.57. The van der Waals surface area contributed by atoms with E-state index >= 15 is 0 Å². The molecule has 0 saturated carbocycles. The largest absolute Gasteiger partial charge is 0.435 e. The second-order valence-corrected chi connectivity index (χ2v) is 5.20. The first-order valence-corrected chi connectivity index (χ1v) is 7.14. The predicted molar refractivity (Wildman–Crippen MR) is 82.4 cm³/mol. The summed E-state index contributed by atoms with van der Waals surface area (Å²) in [6.45, 7) is -0.379. The molecule has 1 aromatic rings. The van der Waals surface area contributed by atoms with Crippen molar-refractivity contribution in [1.82, 2.24) is 10.6 Å². The number of rotatable bonds is 7. The fourth-order valence-corrected chi connectivity index (χ4v) is 2.37. The molecular weight excluding hydrogens is 314 g/mol. The molecule has 2 N–H and O–H groups in total. The lowest BCUT2D eigenvalue weighted by molar-refractivity contribution is -0.121. The Morgan fingerprint density at radius 3 is 2.68 bits per heavy atom. The Morgan fingerprint density at radius 2 is 2.09 bits per heavy atom. The summed E-state index contributed by atoms with van der Waals surface area (Å²) in [6, 6.07) is 6.27. The number of carbonyl (C=O) groups excluding carboxylic acids is 1. The Labute approximate surface area is 135 Å². The molecule has 0 radical (unpaired) electrons. The van der Waals surface area contributed by atoms with Gasteiger partial charge in [-0.25, -0.2) is 0 Å². The van der Waals surface area contributed by atoms with Gasteiger partial charge in [0.1, 0.15) is 5.75 Å². The van der Waals surface area contributed by atoms with Gasteiger partial charge in [-0.2, -0.15) is 8.78 Å². The molecule has 0 spiro atoms. The van der Waals surface area contributed by atoms with Gasteiger partial charge in [0.25, 0.3) is 0 Å². The Balaban J connectivity index is 0.00000242. The lowest BCUT2D eigenvalue weighted by Gasteiger charge is -2.09. The van der Waals surface area contributed by atoms with E-state index in [1.807, 2.05) is 0 Å². The summed E-state index contributed by atoms with van der Waals surface area (Å²) in [5, 5.41) is 6.11. The smallest absolute Gasteiger partial charge is 0.387 e. The van der Waals surface area contributed by atoms with Gasteiger partial charge in [0.05, 0.1) is 0 Å². The molecule has 22 heavy (non-hydrogen) atoms. The van der Waals surface area contributed by atoms with Crippen LogP contribution in [0.5, 0.6) is 5.75 Å². The number of benzene rings is 1. The average molecular weight is 335 g/mol. The van der Waals surface area contributed by atoms with Gasteiger partial charge in [0, 0.05) is 13.0 Å². The normalized spacial score (nSPS) is 17.1. The maximum absolute atomic E-state index is 12.0. The fourth-order valence-electron chi connectivity index (χ4n) is 2.37. The number of nitrogens with one attached hydrogen (secondary N) is 2. The monoisotopic (exact) mass is 334 g/mol. The van der Waals surface area contributed by atoms with E-state index in [0.29, 0.717) is 18.9 Å². The highest BCUT2D eigenvalue weighted by Gasteiger charge is 2.15. The summed E-state index contributed by atoms with van der Waals surface area (Å²) < 4.78 is 28.3. The Morgan fingerprint density at radius 1 is 1.36 bits per heavy atom. The van der Waals surface area contributed by atoms with Crippen molar-refractivity contribution in [2.45, 2.75) is 32.4 Å². The van der Waals surface area contributed by atoms with E-state index in [0.717, 1.165) is 31.5 Å². The molecule has 1 heterocycles. The van der Waals surface area contributed by atoms with E-state index in [2.05, 4.69) is 15.4 Å². The molecule has 1 aromatic carbocycles. The first-order chi connectivity index (χ1) is 10.1. The second kappa shape index (κ2) is 9.58. The van der Waals surface area contributed by atoms with Crippen molar-refractivity contribution in [1.29, 1.82) is 0 Å². The third-order valence-electron chi connectivity index (χ3n) is 3.58. The molecule has 0 aromatic heterocycles. The topological polar surface area (TPSA) is 50.4 Å². The highest BCUT2D eigenvalue weighted by molar-refractivity contribution is 5.85. The number of alkyl halides is 2. The first kappa shape index (κ1) is 18.6. The van der Waals surface area contributed by atoms with Gasteiger partial charge >= 0.3 is 6.61 Å². The van der Waals surface area contributed by atoms with Crippen LogP contribution in [-0.2, 0) is 11.3 Å². The van der Waals surface area contributed by atoms with Gasteiger partial charge in [-0.1, -0.05) is 12.1 Å². The van der Waals surface area contributed by atoms with Gasteiger partial charge in [0.15, 0.2) is 0 Å². The number of ether oxygens (including phenoxy) is 1. The summed E-state index contributed by atoms with van der Waals surface area (Å²) in [4.78, 5) is 11.7. The van der Waals surface area contributed by atoms with E-state index in [1.54, 1.807) is 12.1 Å². The average Bonchev–Trinajstić information content (AvgIpc) is 2.97. The molecule has 1 fully saturated rings. The van der Waals surface area contributed by atoms with Gasteiger partial charge < -0.3 is 15.4 Å². The number of carbonyl (C=O) groups is 1. The third kappa shape index (κ3) is 6.58. The number of hydrogen-bond acceptors (Lipinski definition) is 3. The first-order valence-electron chi connectivity index (χ1n) is 7.14. The van der Waals surface area contributed by atoms with E-state index < -0.39 is 6.61 Å². The third-order valence-corrected chi connectivity index (χ3v) is 3.58. The molecule has 1 aliphatic rings. The molecule has 124 valence electrons. The summed E-state index contributed by atoms with van der Waals surface area (Å²) in [5.74, 6) is 0.741. The van der Waals surface area contributed by atoms with Crippen molar-refractivity contribution >= 4 is 18.3 Å². The van der Waals surface area contributed by atoms with Crippen molar-refractivity contribution in [3.63, 3.8) is 0 Å². The maximum Gasteiger partial charge on any atom is 0.387 e. The van der Waals surface area contributed by atoms with E-state index in [1.165, 1.54) is 12.1 Å². The van der Waals surface area contributed by atoms with Crippen molar-refractivity contribution in [3.05, 3.63) is 29.8 Å². The van der Waals surface area contributed by atoms with E-state index in [9.17, 15) is 13.6 Å². The van der Waals surface area contributed by atoms with Gasteiger partial charge in [-0.3, -0.25) is 4.79 Å². The molecule has 0 bridgehead atoms. The molecule has 4 nitrogen and oxygen atoms in total. The number of amides is 1. The van der Waals surface area contributed by atoms with Crippen LogP contribution in [0.1, 0.15) is 24.8 Å². The minimum Gasteiger partial charge on any atom is -0.435 e. The molecule has 1 unspecified atom stereocenters. The van der Waals surface area contributed by atoms with Crippen molar-refractivity contribution in [2.75, 3.05) is 13.1 Å². The number of hydrogen-bond donors (Lipinski definition) is 2. The van der Waals surface area contributed by atoms with Crippen LogP contribution in [0, 0.1) is 5.92 Å². The van der Waals surface area contributed by atoms with Crippen LogP contribution in [0.3, 0.4) is 0 Å². The summed E-state index contributed by atoms with van der Waals surface area (Å²) in [7, 11) is 0. The minimum atomic E-state index is -2.82. The standard InChI is InChI=1S/C15H20F2N2O2.ClH/c16-15(17)21-13-4-1-11(2-5-13)10-19-14(20)6-3-12-7-8-18-9-12;/h1-2,4-5,12,15,18H,3,6-10H2,(H,19,20);1H. The zero-order valence-corrected chi connectivity index (χ0v) is 13.0. The highest BCUT2D eigenvalue weighted by atomic mass is 35.5. The molecule has 1 saturated heterocycles. The lowest BCUT2D eigenvalue weighted by Crippen LogP contribution is -2.23. The second-order valence-electron chi connectivity index (χ2n) is 5.20. The molecule has 1 aliphatic heterocycles. The zero-order chi connectivity index (χ0) is 15.1. The molecular formula is C15H21ClF2N2O2. The van der Waals surface area contributed by atoms with Crippen LogP contribution in [0.15, 0.2) is 24.3 Å². The molecule has 7 heteroatoms. The van der Waals surface area contributed by atoms with Crippen LogP contribution in [0.4, 0.5) is 8.78 Å². The minimum absolute atomic E-state index is 0. The quantitative estimate of drug-likeness (QED) is 0.806. The Hall–Kier alpha value is -1.40. The van der Waals surface area contributed by atoms with Crippen LogP contribution in [0.2, 0.25) is 0 Å². The Kier molecular flexibility index (Phi) is 8.12. The van der Waals surface area contributed by atoms with Crippen molar-refractivity contribution in [3.8, 4) is 5.75 Å². The number of halogens is 3. The van der Waals surface area contributed by atoms with Gasteiger partial charge in [-0.15, -0.1) is 12.4 Å². The summed E-state index contributed by atoms with van der Waals surface area (Å²) >= 11 is 0. The van der Waals surface area contributed by atoms with E-state index in [4.69, 9.17) is 0 Å². The maximum atomic E-state index is 12.0. The van der Waals surface area contributed by atoms with Crippen LogP contribution < -0.4 is 15.4 Å². The van der Waals surface area contributed by atoms with Crippen molar-refractivity contribution < 1.29 is 18.3 Å². The molecule has 1 atom stereocenters. The van der Waals surface area contributed by atoms with Crippen LogP contribution in [0.25, 0.3) is 0 Å². The van der Waals surface area contributed by atoms with Gasteiger partial charge in [0.2, 0.25) is 5.91 Å². The Bertz CT molecular complexity index is 451. The lowest BCUT2D eigenvalue weighted by atomic mass is 10.0. The highest BCUT2D eigenvalue weighted by Crippen LogP contribution is 2.16. The SMILES string of the molecule is Cl.O=C(CCC1CCNC1)NCc1ccc(OC(F)F)cc1. The van der Waals surface area contributed by atoms with Crippen molar-refractivity contribution in [2.24, 2.45) is 5.92 Å². The van der Waals surface area contributed by atoms with Crippen LogP contribution >= 0.6 is 12.4 Å². The molecule has 0 aliphatic carbocycles. The molecule has 1 amide bonds. The van der Waals surface area contributed by atoms with E-state index in [-0.39, 0.29) is 24.1 Å². The van der Waals surface area contributed by atoms with Gasteiger partial charge in [-0.05, 0) is 49.5 Å². The fraction of sp³-hybridized carbons (Fsp3) is 0.533. The van der Waals surface area contributed by atoms with Crippen LogP contribution in [-0.4, -0.2) is 25.6 Å².